The fourth-order valence-electron chi connectivity index (χ4n) is 3.04. The van der Waals surface area contributed by atoms with Crippen molar-refractivity contribution in [1.82, 2.24) is 14.5 Å². The third-order valence-corrected chi connectivity index (χ3v) is 6.24. The normalized spacial score (nSPS) is 19.8. The molecule has 0 spiro atoms. The summed E-state index contributed by atoms with van der Waals surface area (Å²) in [6.07, 6.45) is 4.40. The van der Waals surface area contributed by atoms with E-state index in [1.807, 2.05) is 6.92 Å². The Morgan fingerprint density at radius 3 is 2.74 bits per heavy atom. The summed E-state index contributed by atoms with van der Waals surface area (Å²) in [7, 11) is -3.56. The lowest BCUT2D eigenvalue weighted by Gasteiger charge is -2.31. The Labute approximate surface area is 135 Å². The Hall–Kier alpha value is -1.73. The third kappa shape index (κ3) is 3.45. The summed E-state index contributed by atoms with van der Waals surface area (Å²) in [5, 5.41) is 7.00. The van der Waals surface area contributed by atoms with Crippen LogP contribution in [0.4, 0.5) is 4.39 Å². The van der Waals surface area contributed by atoms with E-state index in [9.17, 15) is 12.8 Å². The number of hydrogen-bond donors (Lipinski definition) is 1. The van der Waals surface area contributed by atoms with Crippen molar-refractivity contribution >= 4 is 10.0 Å². The fraction of sp³-hybridized carbons (Fsp3) is 0.438. The van der Waals surface area contributed by atoms with Crippen LogP contribution in [-0.2, 0) is 16.4 Å². The number of sulfonamides is 1. The maximum absolute atomic E-state index is 13.0. The summed E-state index contributed by atoms with van der Waals surface area (Å²) in [5.74, 6) is -0.173. The zero-order chi connectivity index (χ0) is 16.4. The van der Waals surface area contributed by atoms with Crippen molar-refractivity contribution < 1.29 is 12.8 Å². The van der Waals surface area contributed by atoms with E-state index in [1.165, 1.54) is 28.6 Å². The molecule has 2 heterocycles. The van der Waals surface area contributed by atoms with Gasteiger partial charge in [-0.25, -0.2) is 12.8 Å². The Balaban J connectivity index is 1.75. The van der Waals surface area contributed by atoms with Gasteiger partial charge in [0.2, 0.25) is 10.0 Å². The SMILES string of the molecule is Cc1cn[nH]c1CC1CCCN(S(=O)(=O)c2ccc(F)cc2)C1. The summed E-state index contributed by atoms with van der Waals surface area (Å²) in [6.45, 7) is 2.99. The summed E-state index contributed by atoms with van der Waals surface area (Å²) in [4.78, 5) is 0.150. The quantitative estimate of drug-likeness (QED) is 0.932. The molecule has 1 N–H and O–H groups in total. The molecule has 1 saturated heterocycles. The van der Waals surface area contributed by atoms with E-state index in [0.717, 1.165) is 30.5 Å². The molecule has 0 saturated carbocycles. The lowest BCUT2D eigenvalue weighted by molar-refractivity contribution is 0.264. The Bertz CT molecular complexity index is 771. The lowest BCUT2D eigenvalue weighted by atomic mass is 9.94. The highest BCUT2D eigenvalue weighted by Crippen LogP contribution is 2.26. The van der Waals surface area contributed by atoms with Gasteiger partial charge in [-0.15, -0.1) is 0 Å². The first-order valence-corrected chi connectivity index (χ1v) is 9.15. The van der Waals surface area contributed by atoms with Crippen molar-refractivity contribution in [2.75, 3.05) is 13.1 Å². The number of aromatic nitrogens is 2. The number of H-pyrrole nitrogens is 1. The second kappa shape index (κ2) is 6.41. The highest BCUT2D eigenvalue weighted by atomic mass is 32.2. The third-order valence-electron chi connectivity index (χ3n) is 4.36. The molecule has 1 aromatic heterocycles. The number of nitrogens with one attached hydrogen (secondary N) is 1. The van der Waals surface area contributed by atoms with E-state index in [0.29, 0.717) is 13.1 Å². The number of piperidine rings is 1. The molecule has 2 aromatic rings. The molecule has 124 valence electrons. The molecule has 3 rings (SSSR count). The molecule has 0 radical (unpaired) electrons. The fourth-order valence-corrected chi connectivity index (χ4v) is 4.59. The smallest absolute Gasteiger partial charge is 0.243 e. The Morgan fingerprint density at radius 1 is 1.35 bits per heavy atom. The van der Waals surface area contributed by atoms with Crippen LogP contribution in [0.5, 0.6) is 0 Å². The van der Waals surface area contributed by atoms with Crippen molar-refractivity contribution in [3.05, 3.63) is 47.5 Å². The van der Waals surface area contributed by atoms with E-state index < -0.39 is 15.8 Å². The predicted molar refractivity (Wildman–Crippen MR) is 84.9 cm³/mol. The molecule has 1 unspecified atom stereocenters. The van der Waals surface area contributed by atoms with Gasteiger partial charge in [0.25, 0.3) is 0 Å². The van der Waals surface area contributed by atoms with E-state index in [2.05, 4.69) is 10.2 Å². The summed E-state index contributed by atoms with van der Waals surface area (Å²) < 4.78 is 39.9. The number of halogens is 1. The standard InChI is InChI=1S/C16H20FN3O2S/c1-12-10-18-19-16(12)9-13-3-2-8-20(11-13)23(21,22)15-6-4-14(17)5-7-15/h4-7,10,13H,2-3,8-9,11H2,1H3,(H,18,19). The first-order valence-electron chi connectivity index (χ1n) is 7.71. The van der Waals surface area contributed by atoms with Crippen molar-refractivity contribution in [3.63, 3.8) is 0 Å². The topological polar surface area (TPSA) is 66.1 Å². The van der Waals surface area contributed by atoms with Crippen LogP contribution in [0.25, 0.3) is 0 Å². The van der Waals surface area contributed by atoms with Crippen molar-refractivity contribution in [1.29, 1.82) is 0 Å². The molecular weight excluding hydrogens is 317 g/mol. The molecule has 23 heavy (non-hydrogen) atoms. The van der Waals surface area contributed by atoms with Gasteiger partial charge in [-0.1, -0.05) is 0 Å². The average Bonchev–Trinajstić information content (AvgIpc) is 2.93. The van der Waals surface area contributed by atoms with Crippen LogP contribution in [0.2, 0.25) is 0 Å². The van der Waals surface area contributed by atoms with E-state index in [-0.39, 0.29) is 10.8 Å². The minimum Gasteiger partial charge on any atom is -0.282 e. The molecule has 1 aliphatic rings. The number of aryl methyl sites for hydroxylation is 1. The first kappa shape index (κ1) is 16.1. The second-order valence-electron chi connectivity index (χ2n) is 6.06. The molecule has 0 amide bonds. The molecule has 1 atom stereocenters. The Morgan fingerprint density at radius 2 is 2.09 bits per heavy atom. The minimum absolute atomic E-state index is 0.150. The molecule has 1 fully saturated rings. The maximum atomic E-state index is 13.0. The van der Waals surface area contributed by atoms with Gasteiger partial charge in [-0.05, 0) is 61.9 Å². The van der Waals surface area contributed by atoms with E-state index >= 15 is 0 Å². The van der Waals surface area contributed by atoms with Crippen molar-refractivity contribution in [2.24, 2.45) is 5.92 Å². The lowest BCUT2D eigenvalue weighted by Crippen LogP contribution is -2.40. The number of benzene rings is 1. The van der Waals surface area contributed by atoms with Gasteiger partial charge in [0.15, 0.2) is 0 Å². The number of hydrogen-bond acceptors (Lipinski definition) is 3. The minimum atomic E-state index is -3.56. The zero-order valence-corrected chi connectivity index (χ0v) is 13.8. The van der Waals surface area contributed by atoms with Crippen LogP contribution < -0.4 is 0 Å². The summed E-state index contributed by atoms with van der Waals surface area (Å²) in [6, 6.07) is 5.02. The van der Waals surface area contributed by atoms with Crippen molar-refractivity contribution in [2.45, 2.75) is 31.1 Å². The average molecular weight is 337 g/mol. The number of rotatable bonds is 4. The largest absolute Gasteiger partial charge is 0.282 e. The van der Waals surface area contributed by atoms with E-state index in [1.54, 1.807) is 6.20 Å². The maximum Gasteiger partial charge on any atom is 0.243 e. The van der Waals surface area contributed by atoms with Crippen LogP contribution in [-0.4, -0.2) is 36.0 Å². The molecule has 5 nitrogen and oxygen atoms in total. The van der Waals surface area contributed by atoms with Crippen molar-refractivity contribution in [3.8, 4) is 0 Å². The van der Waals surface area contributed by atoms with Crippen LogP contribution in [0, 0.1) is 18.7 Å². The van der Waals surface area contributed by atoms with E-state index in [4.69, 9.17) is 0 Å². The number of nitrogens with zero attached hydrogens (tertiary/aromatic N) is 2. The highest BCUT2D eigenvalue weighted by Gasteiger charge is 2.30. The van der Waals surface area contributed by atoms with Gasteiger partial charge in [0.1, 0.15) is 5.82 Å². The summed E-state index contributed by atoms with van der Waals surface area (Å²) in [5.41, 5.74) is 2.17. The Kier molecular flexibility index (Phi) is 4.50. The van der Waals surface area contributed by atoms with Crippen LogP contribution in [0.3, 0.4) is 0 Å². The van der Waals surface area contributed by atoms with Gasteiger partial charge < -0.3 is 0 Å². The molecular formula is C16H20FN3O2S. The molecule has 7 heteroatoms. The van der Waals surface area contributed by atoms with Gasteiger partial charge >= 0.3 is 0 Å². The zero-order valence-electron chi connectivity index (χ0n) is 13.0. The number of aromatic amines is 1. The van der Waals surface area contributed by atoms with Gasteiger partial charge in [0.05, 0.1) is 11.1 Å². The van der Waals surface area contributed by atoms with Gasteiger partial charge in [-0.2, -0.15) is 9.40 Å². The molecule has 0 aliphatic carbocycles. The molecule has 1 aliphatic heterocycles. The van der Waals surface area contributed by atoms with Crippen LogP contribution in [0.1, 0.15) is 24.1 Å². The monoisotopic (exact) mass is 337 g/mol. The molecule has 0 bridgehead atoms. The van der Waals surface area contributed by atoms with Gasteiger partial charge in [0, 0.05) is 18.8 Å². The van der Waals surface area contributed by atoms with Crippen LogP contribution in [0.15, 0.2) is 35.4 Å². The van der Waals surface area contributed by atoms with Gasteiger partial charge in [-0.3, -0.25) is 5.10 Å². The predicted octanol–water partition coefficient (Wildman–Crippen LogP) is 2.50. The molecule has 1 aromatic carbocycles. The first-order chi connectivity index (χ1) is 11.0. The highest BCUT2D eigenvalue weighted by molar-refractivity contribution is 7.89. The van der Waals surface area contributed by atoms with Crippen LogP contribution >= 0.6 is 0 Å². The second-order valence-corrected chi connectivity index (χ2v) is 8.00. The summed E-state index contributed by atoms with van der Waals surface area (Å²) >= 11 is 0.